The smallest absolute Gasteiger partial charge is 0.224 e. The highest BCUT2D eigenvalue weighted by molar-refractivity contribution is 7.19. The molecule has 23 heavy (non-hydrogen) atoms. The van der Waals surface area contributed by atoms with E-state index in [9.17, 15) is 0 Å². The van der Waals surface area contributed by atoms with Gasteiger partial charge in [0.15, 0.2) is 0 Å². The molecule has 0 radical (unpaired) electrons. The number of nitrogens with two attached hydrogens (primary N) is 1. The number of aliphatic hydroxyl groups excluding tert-OH is 1. The molecule has 1 atom stereocenters. The zero-order chi connectivity index (χ0) is 16.4. The average Bonchev–Trinajstić information content (AvgIpc) is 3.15. The number of halogens is 1. The van der Waals surface area contributed by atoms with Crippen LogP contribution in [-0.4, -0.2) is 27.7 Å². The van der Waals surface area contributed by atoms with Gasteiger partial charge >= 0.3 is 0 Å². The van der Waals surface area contributed by atoms with Gasteiger partial charge in [0.1, 0.15) is 11.6 Å². The van der Waals surface area contributed by atoms with Gasteiger partial charge < -0.3 is 20.6 Å². The topological polar surface area (TPSA) is 97.2 Å². The van der Waals surface area contributed by atoms with E-state index in [0.29, 0.717) is 18.8 Å². The number of thiophene rings is 1. The molecule has 4 N–H and O–H groups in total. The molecule has 3 heterocycles. The summed E-state index contributed by atoms with van der Waals surface area (Å²) in [6, 6.07) is 3.44. The molecular weight excluding hydrogens is 336 g/mol. The number of fused-ring (bicyclic) bond motifs is 1. The van der Waals surface area contributed by atoms with Gasteiger partial charge in [-0.2, -0.15) is 4.98 Å². The van der Waals surface area contributed by atoms with Crippen molar-refractivity contribution < 1.29 is 9.52 Å². The van der Waals surface area contributed by atoms with Crippen LogP contribution in [0.4, 0.5) is 5.82 Å². The van der Waals surface area contributed by atoms with E-state index in [4.69, 9.17) is 26.9 Å². The van der Waals surface area contributed by atoms with Crippen molar-refractivity contribution >= 4 is 39.0 Å². The standard InChI is InChI=1S/C15H17ClN4O2S/c1-8-11(5-9(17)7-21)23-13-12(8)19-15(16)20-14(13)18-6-10-3-2-4-22-10/h2-4,9,21H,5-7,17H2,1H3,(H,18,19,20)/t9-/m1/s1. The first-order valence-corrected chi connectivity index (χ1v) is 8.36. The SMILES string of the molecule is Cc1c(C[C@@H](N)CO)sc2c(NCc3ccco3)nc(Cl)nc12. The second kappa shape index (κ2) is 6.84. The minimum Gasteiger partial charge on any atom is -0.467 e. The van der Waals surface area contributed by atoms with Gasteiger partial charge in [-0.05, 0) is 42.6 Å². The van der Waals surface area contributed by atoms with E-state index < -0.39 is 0 Å². The molecule has 0 saturated carbocycles. The number of nitrogens with zero attached hydrogens (tertiary/aromatic N) is 2. The van der Waals surface area contributed by atoms with Gasteiger partial charge in [-0.25, -0.2) is 4.98 Å². The first kappa shape index (κ1) is 16.2. The van der Waals surface area contributed by atoms with Gasteiger partial charge in [0.2, 0.25) is 5.28 Å². The number of hydrogen-bond donors (Lipinski definition) is 3. The van der Waals surface area contributed by atoms with E-state index in [2.05, 4.69) is 15.3 Å². The van der Waals surface area contributed by atoms with E-state index in [-0.39, 0.29) is 17.9 Å². The molecule has 0 aliphatic carbocycles. The Hall–Kier alpha value is -1.67. The van der Waals surface area contributed by atoms with Crippen molar-refractivity contribution in [2.24, 2.45) is 5.73 Å². The molecule has 8 heteroatoms. The van der Waals surface area contributed by atoms with Crippen LogP contribution >= 0.6 is 22.9 Å². The Bertz CT molecular complexity index is 804. The van der Waals surface area contributed by atoms with Crippen LogP contribution in [0.2, 0.25) is 5.28 Å². The molecule has 122 valence electrons. The normalized spacial score (nSPS) is 12.7. The predicted molar refractivity (Wildman–Crippen MR) is 92.0 cm³/mol. The highest BCUT2D eigenvalue weighted by Gasteiger charge is 2.17. The third-order valence-corrected chi connectivity index (χ3v) is 5.01. The van der Waals surface area contributed by atoms with Gasteiger partial charge in [-0.1, -0.05) is 0 Å². The van der Waals surface area contributed by atoms with Crippen molar-refractivity contribution in [3.05, 3.63) is 39.9 Å². The molecule has 0 unspecified atom stereocenters. The largest absolute Gasteiger partial charge is 0.467 e. The molecule has 0 saturated heterocycles. The predicted octanol–water partition coefficient (Wildman–Crippen LogP) is 2.72. The summed E-state index contributed by atoms with van der Waals surface area (Å²) in [5.74, 6) is 1.48. The summed E-state index contributed by atoms with van der Waals surface area (Å²) in [6.07, 6.45) is 2.22. The molecule has 0 spiro atoms. The van der Waals surface area contributed by atoms with Gasteiger partial charge in [0.25, 0.3) is 0 Å². The minimum atomic E-state index is -0.287. The van der Waals surface area contributed by atoms with Crippen LogP contribution in [0.5, 0.6) is 0 Å². The molecule has 0 aliphatic heterocycles. The van der Waals surface area contributed by atoms with E-state index in [1.165, 1.54) is 0 Å². The Labute approximate surface area is 142 Å². The first-order valence-electron chi connectivity index (χ1n) is 7.16. The maximum atomic E-state index is 9.16. The summed E-state index contributed by atoms with van der Waals surface area (Å²) >= 11 is 7.63. The van der Waals surface area contributed by atoms with Crippen LogP contribution in [0, 0.1) is 6.92 Å². The average molecular weight is 353 g/mol. The number of aromatic nitrogens is 2. The van der Waals surface area contributed by atoms with Gasteiger partial charge in [0.05, 0.1) is 29.6 Å². The summed E-state index contributed by atoms with van der Waals surface area (Å²) < 4.78 is 6.24. The molecule has 3 aromatic heterocycles. The zero-order valence-electron chi connectivity index (χ0n) is 12.5. The van der Waals surface area contributed by atoms with Gasteiger partial charge in [-0.3, -0.25) is 0 Å². The fourth-order valence-electron chi connectivity index (χ4n) is 2.31. The zero-order valence-corrected chi connectivity index (χ0v) is 14.1. The summed E-state index contributed by atoms with van der Waals surface area (Å²) in [5.41, 5.74) is 7.70. The lowest BCUT2D eigenvalue weighted by molar-refractivity contribution is 0.265. The van der Waals surface area contributed by atoms with Crippen LogP contribution < -0.4 is 11.1 Å². The molecule has 6 nitrogen and oxygen atoms in total. The number of hydrogen-bond acceptors (Lipinski definition) is 7. The maximum Gasteiger partial charge on any atom is 0.224 e. The summed E-state index contributed by atoms with van der Waals surface area (Å²) in [5, 5.41) is 12.6. The fraction of sp³-hybridized carbons (Fsp3) is 0.333. The summed E-state index contributed by atoms with van der Waals surface area (Å²) in [6.45, 7) is 2.44. The van der Waals surface area contributed by atoms with Crippen LogP contribution in [0.25, 0.3) is 10.2 Å². The minimum absolute atomic E-state index is 0.0519. The Balaban J connectivity index is 1.95. The van der Waals surface area contributed by atoms with Crippen molar-refractivity contribution in [3.63, 3.8) is 0 Å². The summed E-state index contributed by atoms with van der Waals surface area (Å²) in [7, 11) is 0. The number of anilines is 1. The molecule has 3 aromatic rings. The molecule has 0 amide bonds. The molecule has 0 aromatic carbocycles. The second-order valence-corrected chi connectivity index (χ2v) is 6.69. The molecule has 3 rings (SSSR count). The lowest BCUT2D eigenvalue weighted by Gasteiger charge is -2.06. The van der Waals surface area contributed by atoms with Gasteiger partial charge in [-0.15, -0.1) is 11.3 Å². The van der Waals surface area contributed by atoms with Crippen molar-refractivity contribution in [3.8, 4) is 0 Å². The lowest BCUT2D eigenvalue weighted by atomic mass is 10.1. The van der Waals surface area contributed by atoms with Crippen LogP contribution in [0.3, 0.4) is 0 Å². The molecule has 0 fully saturated rings. The van der Waals surface area contributed by atoms with E-state index in [1.807, 2.05) is 19.1 Å². The highest BCUT2D eigenvalue weighted by atomic mass is 35.5. The van der Waals surface area contributed by atoms with Crippen molar-refractivity contribution in [2.75, 3.05) is 11.9 Å². The van der Waals surface area contributed by atoms with Crippen molar-refractivity contribution in [2.45, 2.75) is 25.9 Å². The Morgan fingerprint density at radius 2 is 2.30 bits per heavy atom. The summed E-state index contributed by atoms with van der Waals surface area (Å²) in [4.78, 5) is 9.70. The first-order chi connectivity index (χ1) is 11.1. The molecule has 0 bridgehead atoms. The van der Waals surface area contributed by atoms with E-state index in [0.717, 1.165) is 26.4 Å². The highest BCUT2D eigenvalue weighted by Crippen LogP contribution is 2.35. The monoisotopic (exact) mass is 352 g/mol. The number of aliphatic hydroxyl groups is 1. The van der Waals surface area contributed by atoms with E-state index in [1.54, 1.807) is 17.6 Å². The Kier molecular flexibility index (Phi) is 4.82. The van der Waals surface area contributed by atoms with Crippen LogP contribution in [0.15, 0.2) is 22.8 Å². The van der Waals surface area contributed by atoms with Crippen LogP contribution in [0.1, 0.15) is 16.2 Å². The Morgan fingerprint density at radius 1 is 1.48 bits per heavy atom. The quantitative estimate of drug-likeness (QED) is 0.590. The van der Waals surface area contributed by atoms with Crippen molar-refractivity contribution in [1.82, 2.24) is 9.97 Å². The maximum absolute atomic E-state index is 9.16. The number of rotatable bonds is 6. The number of furan rings is 1. The second-order valence-electron chi connectivity index (χ2n) is 5.25. The van der Waals surface area contributed by atoms with E-state index >= 15 is 0 Å². The fourth-order valence-corrected chi connectivity index (χ4v) is 3.78. The third-order valence-electron chi connectivity index (χ3n) is 3.53. The van der Waals surface area contributed by atoms with Gasteiger partial charge in [0, 0.05) is 10.9 Å². The third kappa shape index (κ3) is 3.48. The number of aryl methyl sites for hydroxylation is 1. The van der Waals surface area contributed by atoms with Crippen molar-refractivity contribution in [1.29, 1.82) is 0 Å². The molecular formula is C15H17ClN4O2S. The Morgan fingerprint density at radius 3 is 3.00 bits per heavy atom. The lowest BCUT2D eigenvalue weighted by Crippen LogP contribution is -2.26. The number of nitrogens with one attached hydrogen (secondary N) is 1. The van der Waals surface area contributed by atoms with Crippen LogP contribution in [-0.2, 0) is 13.0 Å². The molecule has 0 aliphatic rings.